The predicted octanol–water partition coefficient (Wildman–Crippen LogP) is 2.28. The highest BCUT2D eigenvalue weighted by molar-refractivity contribution is 5.56. The highest BCUT2D eigenvalue weighted by Gasteiger charge is 2.12. The van der Waals surface area contributed by atoms with Gasteiger partial charge in [-0.15, -0.1) is 0 Å². The summed E-state index contributed by atoms with van der Waals surface area (Å²) in [5.74, 6) is 0. The van der Waals surface area contributed by atoms with E-state index in [9.17, 15) is 4.79 Å². The summed E-state index contributed by atoms with van der Waals surface area (Å²) in [7, 11) is 0. The Kier molecular flexibility index (Phi) is 5.06. The lowest BCUT2D eigenvalue weighted by molar-refractivity contribution is -0.109. The van der Waals surface area contributed by atoms with Crippen molar-refractivity contribution in [2.24, 2.45) is 0 Å². The maximum Gasteiger partial charge on any atom is 0.136 e. The van der Waals surface area contributed by atoms with Gasteiger partial charge in [-0.3, -0.25) is 0 Å². The van der Waals surface area contributed by atoms with Gasteiger partial charge in [-0.2, -0.15) is 0 Å². The van der Waals surface area contributed by atoms with E-state index in [1.165, 1.54) is 44.9 Å². The monoisotopic (exact) mass is 183 g/mol. The second-order valence-corrected chi connectivity index (χ2v) is 4.13. The standard InChI is InChI=1S/C11H21NO/c1-10(9-13)12-11-7-5-3-2-4-6-8-11/h9-12H,2-8H2,1H3/t10-/m0/s1. The van der Waals surface area contributed by atoms with E-state index in [0.717, 1.165) is 6.29 Å². The fourth-order valence-corrected chi connectivity index (χ4v) is 2.03. The van der Waals surface area contributed by atoms with Gasteiger partial charge >= 0.3 is 0 Å². The molecule has 13 heavy (non-hydrogen) atoms. The van der Waals surface area contributed by atoms with Crippen LogP contribution >= 0.6 is 0 Å². The minimum Gasteiger partial charge on any atom is -0.305 e. The summed E-state index contributed by atoms with van der Waals surface area (Å²) in [4.78, 5) is 10.5. The van der Waals surface area contributed by atoms with Gasteiger partial charge in [0.1, 0.15) is 6.29 Å². The Morgan fingerprint density at radius 3 is 2.23 bits per heavy atom. The van der Waals surface area contributed by atoms with Gasteiger partial charge in [0.15, 0.2) is 0 Å². The molecule has 1 fully saturated rings. The van der Waals surface area contributed by atoms with Gasteiger partial charge in [-0.1, -0.05) is 32.1 Å². The molecule has 0 saturated heterocycles. The van der Waals surface area contributed by atoms with Crippen LogP contribution in [0.25, 0.3) is 0 Å². The Labute approximate surface area is 81.1 Å². The third-order valence-electron chi connectivity index (χ3n) is 2.81. The second kappa shape index (κ2) is 6.14. The van der Waals surface area contributed by atoms with Crippen molar-refractivity contribution in [3.63, 3.8) is 0 Å². The Morgan fingerprint density at radius 1 is 1.15 bits per heavy atom. The molecule has 0 heterocycles. The predicted molar refractivity (Wildman–Crippen MR) is 54.8 cm³/mol. The quantitative estimate of drug-likeness (QED) is 0.680. The molecule has 0 aromatic rings. The first-order chi connectivity index (χ1) is 6.33. The van der Waals surface area contributed by atoms with E-state index in [4.69, 9.17) is 0 Å². The molecule has 2 nitrogen and oxygen atoms in total. The Balaban J connectivity index is 2.24. The summed E-state index contributed by atoms with van der Waals surface area (Å²) >= 11 is 0. The maximum atomic E-state index is 10.5. The van der Waals surface area contributed by atoms with Gasteiger partial charge < -0.3 is 10.1 Å². The molecule has 1 aliphatic rings. The molecule has 0 spiro atoms. The molecule has 2 heteroatoms. The zero-order valence-electron chi connectivity index (χ0n) is 8.59. The second-order valence-electron chi connectivity index (χ2n) is 4.13. The van der Waals surface area contributed by atoms with Crippen molar-refractivity contribution in [1.29, 1.82) is 0 Å². The Bertz CT molecular complexity index is 139. The van der Waals surface area contributed by atoms with E-state index in [0.29, 0.717) is 6.04 Å². The summed E-state index contributed by atoms with van der Waals surface area (Å²) in [5.41, 5.74) is 0. The van der Waals surface area contributed by atoms with Crippen LogP contribution in [-0.2, 0) is 4.79 Å². The first-order valence-corrected chi connectivity index (χ1v) is 5.54. The maximum absolute atomic E-state index is 10.5. The fraction of sp³-hybridized carbons (Fsp3) is 0.909. The average Bonchev–Trinajstić information content (AvgIpc) is 2.09. The summed E-state index contributed by atoms with van der Waals surface area (Å²) in [6.07, 6.45) is 10.3. The van der Waals surface area contributed by atoms with E-state index in [1.807, 2.05) is 6.92 Å². The number of hydrogen-bond donors (Lipinski definition) is 1. The lowest BCUT2D eigenvalue weighted by Crippen LogP contribution is -2.37. The van der Waals surface area contributed by atoms with Crippen LogP contribution in [0.5, 0.6) is 0 Å². The number of carbonyl (C=O) groups is 1. The molecule has 0 radical (unpaired) electrons. The molecular formula is C11H21NO. The molecule has 1 atom stereocenters. The molecule has 1 N–H and O–H groups in total. The van der Waals surface area contributed by atoms with Crippen LogP contribution < -0.4 is 5.32 Å². The van der Waals surface area contributed by atoms with Gasteiger partial charge in [0.25, 0.3) is 0 Å². The van der Waals surface area contributed by atoms with E-state index in [1.54, 1.807) is 0 Å². The minimum atomic E-state index is 0.0319. The van der Waals surface area contributed by atoms with Crippen molar-refractivity contribution in [1.82, 2.24) is 5.32 Å². The number of carbonyl (C=O) groups excluding carboxylic acids is 1. The molecule has 0 unspecified atom stereocenters. The molecule has 1 saturated carbocycles. The summed E-state index contributed by atoms with van der Waals surface area (Å²) < 4.78 is 0. The molecule has 0 aromatic heterocycles. The molecular weight excluding hydrogens is 162 g/mol. The molecule has 0 bridgehead atoms. The third kappa shape index (κ3) is 4.41. The minimum absolute atomic E-state index is 0.0319. The lowest BCUT2D eigenvalue weighted by Gasteiger charge is -2.22. The number of aldehydes is 1. The summed E-state index contributed by atoms with van der Waals surface area (Å²) in [6.45, 7) is 1.94. The van der Waals surface area contributed by atoms with Crippen LogP contribution in [0.4, 0.5) is 0 Å². The molecule has 0 aromatic carbocycles. The van der Waals surface area contributed by atoms with E-state index < -0.39 is 0 Å². The molecule has 1 rings (SSSR count). The number of hydrogen-bond acceptors (Lipinski definition) is 2. The van der Waals surface area contributed by atoms with Crippen molar-refractivity contribution < 1.29 is 4.79 Å². The van der Waals surface area contributed by atoms with Crippen molar-refractivity contribution in [2.45, 2.75) is 64.0 Å². The number of rotatable bonds is 3. The Hall–Kier alpha value is -0.370. The largest absolute Gasteiger partial charge is 0.305 e. The van der Waals surface area contributed by atoms with Gasteiger partial charge in [0.2, 0.25) is 0 Å². The highest BCUT2D eigenvalue weighted by atomic mass is 16.1. The van der Waals surface area contributed by atoms with E-state index in [-0.39, 0.29) is 6.04 Å². The molecule has 76 valence electrons. The van der Waals surface area contributed by atoms with E-state index >= 15 is 0 Å². The van der Waals surface area contributed by atoms with Crippen molar-refractivity contribution >= 4 is 6.29 Å². The zero-order chi connectivity index (χ0) is 9.52. The van der Waals surface area contributed by atoms with Crippen LogP contribution in [0.2, 0.25) is 0 Å². The SMILES string of the molecule is C[C@@H](C=O)NC1CCCCCCC1. The average molecular weight is 183 g/mol. The smallest absolute Gasteiger partial charge is 0.136 e. The van der Waals surface area contributed by atoms with Gasteiger partial charge in [-0.25, -0.2) is 0 Å². The topological polar surface area (TPSA) is 29.1 Å². The van der Waals surface area contributed by atoms with Gasteiger partial charge in [-0.05, 0) is 19.8 Å². The normalized spacial score (nSPS) is 23.2. The zero-order valence-corrected chi connectivity index (χ0v) is 8.59. The highest BCUT2D eigenvalue weighted by Crippen LogP contribution is 2.17. The van der Waals surface area contributed by atoms with Crippen LogP contribution in [-0.4, -0.2) is 18.4 Å². The van der Waals surface area contributed by atoms with E-state index in [2.05, 4.69) is 5.32 Å². The molecule has 1 aliphatic carbocycles. The van der Waals surface area contributed by atoms with Gasteiger partial charge in [0.05, 0.1) is 6.04 Å². The van der Waals surface area contributed by atoms with Crippen molar-refractivity contribution in [2.75, 3.05) is 0 Å². The summed E-state index contributed by atoms with van der Waals surface area (Å²) in [5, 5.41) is 3.37. The first kappa shape index (κ1) is 10.7. The van der Waals surface area contributed by atoms with Crippen LogP contribution in [0.15, 0.2) is 0 Å². The number of nitrogens with one attached hydrogen (secondary N) is 1. The Morgan fingerprint density at radius 2 is 1.69 bits per heavy atom. The third-order valence-corrected chi connectivity index (χ3v) is 2.81. The van der Waals surface area contributed by atoms with Crippen LogP contribution in [0.3, 0.4) is 0 Å². The molecule has 0 aliphatic heterocycles. The van der Waals surface area contributed by atoms with Crippen LogP contribution in [0.1, 0.15) is 51.9 Å². The lowest BCUT2D eigenvalue weighted by atomic mass is 9.96. The molecule has 0 amide bonds. The fourth-order valence-electron chi connectivity index (χ4n) is 2.03. The van der Waals surface area contributed by atoms with Crippen molar-refractivity contribution in [3.8, 4) is 0 Å². The van der Waals surface area contributed by atoms with Crippen LogP contribution in [0, 0.1) is 0 Å². The van der Waals surface area contributed by atoms with Crippen molar-refractivity contribution in [3.05, 3.63) is 0 Å². The summed E-state index contributed by atoms with van der Waals surface area (Å²) in [6, 6.07) is 0.616. The first-order valence-electron chi connectivity index (χ1n) is 5.54. The van der Waals surface area contributed by atoms with Gasteiger partial charge in [0, 0.05) is 6.04 Å².